The lowest BCUT2D eigenvalue weighted by Crippen LogP contribution is -2.31. The normalized spacial score (nSPS) is 22.2. The summed E-state index contributed by atoms with van der Waals surface area (Å²) in [5.41, 5.74) is 1.09. The van der Waals surface area contributed by atoms with Crippen molar-refractivity contribution in [3.63, 3.8) is 0 Å². The predicted molar refractivity (Wildman–Crippen MR) is 108 cm³/mol. The lowest BCUT2D eigenvalue weighted by atomic mass is 9.80. The van der Waals surface area contributed by atoms with Gasteiger partial charge >= 0.3 is 13.1 Å². The van der Waals surface area contributed by atoms with Crippen molar-refractivity contribution in [1.29, 1.82) is 0 Å². The van der Waals surface area contributed by atoms with Gasteiger partial charge in [0.05, 0.1) is 5.92 Å². The zero-order valence-corrected chi connectivity index (χ0v) is 17.1. The first-order valence-corrected chi connectivity index (χ1v) is 9.88. The van der Waals surface area contributed by atoms with Crippen molar-refractivity contribution in [2.45, 2.75) is 60.2 Å². The Labute approximate surface area is 159 Å². The summed E-state index contributed by atoms with van der Waals surface area (Å²) >= 11 is 0. The number of carboxylic acid groups (broad SMARTS) is 1. The van der Waals surface area contributed by atoms with Crippen LogP contribution in [0.3, 0.4) is 0 Å². The Hall–Kier alpha value is -1.18. The molecule has 0 aromatic carbocycles. The maximum Gasteiger partial charge on any atom is 0.451 e. The molecule has 3 N–H and O–H groups in total. The minimum atomic E-state index is -1.31. The molecule has 0 spiro atoms. The molecule has 1 aliphatic heterocycles. The number of allylic oxidation sites excluding steroid dienone is 1. The standard InChI is InChI=1S/C17H31BN2O4.C2H6/c1-4-9-19-16(13(3)5-2)12-20-10-14(7-6-8-18(23)24)15(11-20)17(21)22;1-2/h4,9,13-15,23-24H,5-8,10-12H2,1-3H3,(H,21,22);1-2H3/b9-4-,19-16?;. The van der Waals surface area contributed by atoms with Crippen LogP contribution in [-0.2, 0) is 4.79 Å². The smallest absolute Gasteiger partial charge is 0.451 e. The topological polar surface area (TPSA) is 93.4 Å². The molecule has 1 fully saturated rings. The van der Waals surface area contributed by atoms with Crippen molar-refractivity contribution < 1.29 is 19.9 Å². The number of aliphatic imine (C=N–C) groups is 1. The molecule has 0 radical (unpaired) electrons. The summed E-state index contributed by atoms with van der Waals surface area (Å²) in [4.78, 5) is 18.2. The van der Waals surface area contributed by atoms with Gasteiger partial charge in [-0.05, 0) is 37.9 Å². The molecule has 0 aromatic rings. The van der Waals surface area contributed by atoms with E-state index < -0.39 is 13.1 Å². The van der Waals surface area contributed by atoms with Crippen molar-refractivity contribution in [1.82, 2.24) is 4.90 Å². The summed E-state index contributed by atoms with van der Waals surface area (Å²) in [5, 5.41) is 27.4. The Kier molecular flexibility index (Phi) is 13.3. The minimum Gasteiger partial charge on any atom is -0.481 e. The maximum atomic E-state index is 11.5. The van der Waals surface area contributed by atoms with Gasteiger partial charge in [0.2, 0.25) is 0 Å². The number of carboxylic acids is 1. The largest absolute Gasteiger partial charge is 0.481 e. The van der Waals surface area contributed by atoms with E-state index in [1.807, 2.05) is 26.8 Å². The highest BCUT2D eigenvalue weighted by atomic mass is 16.4. The van der Waals surface area contributed by atoms with E-state index >= 15 is 0 Å². The Morgan fingerprint density at radius 3 is 2.50 bits per heavy atom. The number of likely N-dealkylation sites (tertiary alicyclic amines) is 1. The lowest BCUT2D eigenvalue weighted by Gasteiger charge is -2.20. The first-order valence-electron chi connectivity index (χ1n) is 9.88. The van der Waals surface area contributed by atoms with E-state index in [9.17, 15) is 9.90 Å². The summed E-state index contributed by atoms with van der Waals surface area (Å²) in [6, 6.07) is 0. The third-order valence-electron chi connectivity index (χ3n) is 4.83. The summed E-state index contributed by atoms with van der Waals surface area (Å²) in [7, 11) is -1.31. The molecule has 26 heavy (non-hydrogen) atoms. The first-order chi connectivity index (χ1) is 12.4. The molecule has 3 atom stereocenters. The van der Waals surface area contributed by atoms with E-state index in [2.05, 4.69) is 23.7 Å². The fourth-order valence-electron chi connectivity index (χ4n) is 3.18. The van der Waals surface area contributed by atoms with E-state index in [1.54, 1.807) is 6.20 Å². The fourth-order valence-corrected chi connectivity index (χ4v) is 3.18. The summed E-state index contributed by atoms with van der Waals surface area (Å²) in [6.07, 6.45) is 6.33. The minimum absolute atomic E-state index is 0.0566. The highest BCUT2D eigenvalue weighted by Crippen LogP contribution is 2.28. The summed E-state index contributed by atoms with van der Waals surface area (Å²) < 4.78 is 0. The molecular formula is C19H37BN2O4. The number of aliphatic carboxylic acids is 1. The third kappa shape index (κ3) is 8.96. The molecule has 0 saturated carbocycles. The van der Waals surface area contributed by atoms with E-state index in [-0.39, 0.29) is 11.8 Å². The lowest BCUT2D eigenvalue weighted by molar-refractivity contribution is -0.142. The van der Waals surface area contributed by atoms with Gasteiger partial charge in [-0.3, -0.25) is 14.7 Å². The Morgan fingerprint density at radius 2 is 2.00 bits per heavy atom. The first kappa shape index (κ1) is 24.8. The van der Waals surface area contributed by atoms with Crippen molar-refractivity contribution in [3.05, 3.63) is 12.3 Å². The molecule has 3 unspecified atom stereocenters. The molecule has 6 nitrogen and oxygen atoms in total. The molecule has 0 aliphatic carbocycles. The molecule has 1 heterocycles. The van der Waals surface area contributed by atoms with Gasteiger partial charge in [0.25, 0.3) is 0 Å². The van der Waals surface area contributed by atoms with Gasteiger partial charge in [0, 0.05) is 31.5 Å². The van der Waals surface area contributed by atoms with Crippen LogP contribution in [0.1, 0.15) is 53.9 Å². The second-order valence-corrected chi connectivity index (χ2v) is 6.72. The Balaban J connectivity index is 0.00000301. The van der Waals surface area contributed by atoms with Gasteiger partial charge in [-0.15, -0.1) is 0 Å². The molecule has 0 bridgehead atoms. The van der Waals surface area contributed by atoms with Crippen LogP contribution in [0.5, 0.6) is 0 Å². The third-order valence-corrected chi connectivity index (χ3v) is 4.83. The van der Waals surface area contributed by atoms with Gasteiger partial charge in [-0.1, -0.05) is 40.2 Å². The van der Waals surface area contributed by atoms with Gasteiger partial charge in [-0.25, -0.2) is 0 Å². The number of hydrogen-bond acceptors (Lipinski definition) is 5. The molecular weight excluding hydrogens is 331 g/mol. The highest BCUT2D eigenvalue weighted by molar-refractivity contribution is 6.40. The SMILES string of the molecule is C/C=C\N=C(CN1CC(CCCB(O)O)C(C(=O)O)C1)C(C)CC.CC. The average molecular weight is 368 g/mol. The van der Waals surface area contributed by atoms with Crippen molar-refractivity contribution in [3.8, 4) is 0 Å². The van der Waals surface area contributed by atoms with Gasteiger partial charge in [0.15, 0.2) is 0 Å². The van der Waals surface area contributed by atoms with Gasteiger partial charge in [-0.2, -0.15) is 0 Å². The monoisotopic (exact) mass is 368 g/mol. The van der Waals surface area contributed by atoms with Crippen LogP contribution in [-0.4, -0.2) is 58.5 Å². The highest BCUT2D eigenvalue weighted by Gasteiger charge is 2.37. The number of hydrogen-bond donors (Lipinski definition) is 3. The molecule has 1 saturated heterocycles. The van der Waals surface area contributed by atoms with Gasteiger partial charge in [0.1, 0.15) is 0 Å². The predicted octanol–water partition coefficient (Wildman–Crippen LogP) is 2.92. The zero-order chi connectivity index (χ0) is 20.1. The van der Waals surface area contributed by atoms with Crippen LogP contribution < -0.4 is 0 Å². The van der Waals surface area contributed by atoms with Crippen LogP contribution in [0.4, 0.5) is 0 Å². The fraction of sp³-hybridized carbons (Fsp3) is 0.789. The summed E-state index contributed by atoms with van der Waals surface area (Å²) in [6.45, 7) is 12.2. The molecule has 1 rings (SSSR count). The Bertz CT molecular complexity index is 455. The van der Waals surface area contributed by atoms with Crippen molar-refractivity contribution >= 4 is 18.8 Å². The van der Waals surface area contributed by atoms with Gasteiger partial charge < -0.3 is 15.2 Å². The number of rotatable bonds is 10. The average Bonchev–Trinajstić information content (AvgIpc) is 3.02. The van der Waals surface area contributed by atoms with Crippen LogP contribution in [0.25, 0.3) is 0 Å². The quantitative estimate of drug-likeness (QED) is 0.407. The van der Waals surface area contributed by atoms with E-state index in [1.165, 1.54) is 0 Å². The Morgan fingerprint density at radius 1 is 1.35 bits per heavy atom. The van der Waals surface area contributed by atoms with Crippen molar-refractivity contribution in [2.24, 2.45) is 22.7 Å². The van der Waals surface area contributed by atoms with E-state index in [0.29, 0.717) is 38.2 Å². The second-order valence-electron chi connectivity index (χ2n) is 6.72. The van der Waals surface area contributed by atoms with Crippen LogP contribution in [0.15, 0.2) is 17.3 Å². The molecule has 0 amide bonds. The van der Waals surface area contributed by atoms with Crippen LogP contribution >= 0.6 is 0 Å². The van der Waals surface area contributed by atoms with Crippen molar-refractivity contribution in [2.75, 3.05) is 19.6 Å². The van der Waals surface area contributed by atoms with Crippen LogP contribution in [0, 0.1) is 17.8 Å². The molecule has 1 aliphatic rings. The van der Waals surface area contributed by atoms with E-state index in [0.717, 1.165) is 18.7 Å². The molecule has 7 heteroatoms. The maximum absolute atomic E-state index is 11.5. The molecule has 150 valence electrons. The second kappa shape index (κ2) is 14.0. The summed E-state index contributed by atoms with van der Waals surface area (Å²) in [5.74, 6) is -0.725. The van der Waals surface area contributed by atoms with E-state index in [4.69, 9.17) is 10.0 Å². The molecule has 0 aromatic heterocycles. The number of nitrogens with zero attached hydrogens (tertiary/aromatic N) is 2. The van der Waals surface area contributed by atoms with Crippen LogP contribution in [0.2, 0.25) is 6.32 Å². The zero-order valence-electron chi connectivity index (χ0n) is 17.1. The number of carbonyl (C=O) groups is 1.